The molecule has 1 saturated heterocycles. The molecular formula is C23H26N6O3. The molecule has 9 nitrogen and oxygen atoms in total. The molecule has 166 valence electrons. The van der Waals surface area contributed by atoms with Gasteiger partial charge < -0.3 is 25.3 Å². The molecule has 1 aromatic carbocycles. The van der Waals surface area contributed by atoms with Crippen LogP contribution in [0, 0.1) is 0 Å². The molecule has 2 aromatic heterocycles. The standard InChI is InChI=1S/C23H26N6O3/c1-32-22(31)18-11-17-20(27-18)25-14-26-21(17)28-8-9-29(23(13-28)6-7-23)19(30)10-15-2-4-16(12-24)5-3-15/h2-5,11,14H,6-10,12-13,24H2,1H3,(H,25,26,27). The number of esters is 1. The third kappa shape index (κ3) is 3.58. The molecule has 3 N–H and O–H groups in total. The number of fused-ring (bicyclic) bond motifs is 1. The largest absolute Gasteiger partial charge is 0.464 e. The summed E-state index contributed by atoms with van der Waals surface area (Å²) in [7, 11) is 1.35. The quantitative estimate of drug-likeness (QED) is 0.586. The fraction of sp³-hybridized carbons (Fsp3) is 0.391. The first kappa shape index (κ1) is 20.4. The van der Waals surface area contributed by atoms with E-state index in [2.05, 4.69) is 24.8 Å². The predicted molar refractivity (Wildman–Crippen MR) is 119 cm³/mol. The van der Waals surface area contributed by atoms with Crippen molar-refractivity contribution in [2.75, 3.05) is 31.6 Å². The molecule has 1 aliphatic heterocycles. The van der Waals surface area contributed by atoms with E-state index in [1.165, 1.54) is 13.4 Å². The van der Waals surface area contributed by atoms with Gasteiger partial charge in [-0.1, -0.05) is 24.3 Å². The lowest BCUT2D eigenvalue weighted by Crippen LogP contribution is -2.57. The first-order valence-corrected chi connectivity index (χ1v) is 10.8. The molecule has 3 heterocycles. The molecule has 0 bridgehead atoms. The number of benzene rings is 1. The Balaban J connectivity index is 1.34. The summed E-state index contributed by atoms with van der Waals surface area (Å²) in [6.45, 7) is 2.53. The smallest absolute Gasteiger partial charge is 0.354 e. The maximum absolute atomic E-state index is 13.1. The molecule has 0 radical (unpaired) electrons. The first-order valence-electron chi connectivity index (χ1n) is 10.8. The van der Waals surface area contributed by atoms with Gasteiger partial charge in [-0.2, -0.15) is 0 Å². The van der Waals surface area contributed by atoms with Gasteiger partial charge in [-0.05, 0) is 30.0 Å². The van der Waals surface area contributed by atoms with Crippen molar-refractivity contribution in [2.24, 2.45) is 5.73 Å². The number of ether oxygens (including phenoxy) is 1. The second kappa shape index (κ2) is 7.90. The SMILES string of the molecule is COC(=O)c1cc2c(N3CCN(C(=O)Cc4ccc(CN)cc4)C4(CC4)C3)ncnc2[nH]1. The van der Waals surface area contributed by atoms with Crippen LogP contribution in [-0.2, 0) is 22.5 Å². The van der Waals surface area contributed by atoms with Gasteiger partial charge in [-0.3, -0.25) is 4.79 Å². The third-order valence-corrected chi connectivity index (χ3v) is 6.50. The number of nitrogens with one attached hydrogen (secondary N) is 1. The fourth-order valence-corrected chi connectivity index (χ4v) is 4.58. The minimum Gasteiger partial charge on any atom is -0.464 e. The lowest BCUT2D eigenvalue weighted by Gasteiger charge is -2.43. The highest BCUT2D eigenvalue weighted by molar-refractivity contribution is 5.97. The average molecular weight is 435 g/mol. The van der Waals surface area contributed by atoms with E-state index in [9.17, 15) is 9.59 Å². The zero-order valence-corrected chi connectivity index (χ0v) is 18.0. The molecule has 32 heavy (non-hydrogen) atoms. The van der Waals surface area contributed by atoms with Crippen LogP contribution in [0.3, 0.4) is 0 Å². The minimum atomic E-state index is -0.442. The fourth-order valence-electron chi connectivity index (χ4n) is 4.58. The van der Waals surface area contributed by atoms with E-state index in [1.54, 1.807) is 6.07 Å². The number of nitrogens with two attached hydrogens (primary N) is 1. The summed E-state index contributed by atoms with van der Waals surface area (Å²) in [5.41, 5.74) is 8.53. The number of hydrogen-bond donors (Lipinski definition) is 2. The van der Waals surface area contributed by atoms with E-state index in [1.807, 2.05) is 24.3 Å². The summed E-state index contributed by atoms with van der Waals surface area (Å²) in [6.07, 6.45) is 3.86. The van der Waals surface area contributed by atoms with Crippen LogP contribution in [0.2, 0.25) is 0 Å². The lowest BCUT2D eigenvalue weighted by atomic mass is 10.1. The highest BCUT2D eigenvalue weighted by Crippen LogP contribution is 2.45. The minimum absolute atomic E-state index is 0.148. The molecule has 1 amide bonds. The van der Waals surface area contributed by atoms with Crippen molar-refractivity contribution in [1.82, 2.24) is 19.9 Å². The molecule has 0 unspecified atom stereocenters. The van der Waals surface area contributed by atoms with Gasteiger partial charge in [-0.25, -0.2) is 14.8 Å². The molecule has 2 aliphatic rings. The number of aromatic nitrogens is 3. The van der Waals surface area contributed by atoms with Gasteiger partial charge in [0, 0.05) is 26.2 Å². The Morgan fingerprint density at radius 1 is 1.16 bits per heavy atom. The maximum atomic E-state index is 13.1. The van der Waals surface area contributed by atoms with Gasteiger partial charge in [0.1, 0.15) is 23.5 Å². The van der Waals surface area contributed by atoms with Crippen LogP contribution in [0.1, 0.15) is 34.5 Å². The topological polar surface area (TPSA) is 117 Å². The molecule has 9 heteroatoms. The Hall–Kier alpha value is -3.46. The van der Waals surface area contributed by atoms with Crippen molar-refractivity contribution in [3.8, 4) is 0 Å². The summed E-state index contributed by atoms with van der Waals surface area (Å²) >= 11 is 0. The van der Waals surface area contributed by atoms with E-state index in [-0.39, 0.29) is 11.4 Å². The van der Waals surface area contributed by atoms with Crippen molar-refractivity contribution in [2.45, 2.75) is 31.3 Å². The van der Waals surface area contributed by atoms with Gasteiger partial charge in [0.2, 0.25) is 5.91 Å². The highest BCUT2D eigenvalue weighted by atomic mass is 16.5. The van der Waals surface area contributed by atoms with E-state index in [4.69, 9.17) is 10.5 Å². The second-order valence-electron chi connectivity index (χ2n) is 8.52. The number of rotatable bonds is 5. The van der Waals surface area contributed by atoms with Crippen molar-refractivity contribution in [1.29, 1.82) is 0 Å². The van der Waals surface area contributed by atoms with Gasteiger partial charge in [0.15, 0.2) is 0 Å². The first-order chi connectivity index (χ1) is 15.5. The van der Waals surface area contributed by atoms with Crippen molar-refractivity contribution in [3.63, 3.8) is 0 Å². The Bertz CT molecular complexity index is 1170. The number of amides is 1. The van der Waals surface area contributed by atoms with Crippen molar-refractivity contribution >= 4 is 28.7 Å². The van der Waals surface area contributed by atoms with E-state index < -0.39 is 5.97 Å². The van der Waals surface area contributed by atoms with Gasteiger partial charge in [0.05, 0.1) is 24.5 Å². The van der Waals surface area contributed by atoms with E-state index in [0.717, 1.165) is 41.7 Å². The summed E-state index contributed by atoms with van der Waals surface area (Å²) in [6, 6.07) is 9.66. The van der Waals surface area contributed by atoms with Crippen LogP contribution in [0.4, 0.5) is 5.82 Å². The van der Waals surface area contributed by atoms with Crippen LogP contribution in [-0.4, -0.2) is 64.0 Å². The van der Waals surface area contributed by atoms with Gasteiger partial charge in [-0.15, -0.1) is 0 Å². The number of H-pyrrole nitrogens is 1. The molecule has 1 aliphatic carbocycles. The number of methoxy groups -OCH3 is 1. The van der Waals surface area contributed by atoms with Crippen LogP contribution in [0.25, 0.3) is 11.0 Å². The van der Waals surface area contributed by atoms with Crippen molar-refractivity contribution < 1.29 is 14.3 Å². The zero-order chi connectivity index (χ0) is 22.3. The van der Waals surface area contributed by atoms with Gasteiger partial charge >= 0.3 is 5.97 Å². The number of hydrogen-bond acceptors (Lipinski definition) is 7. The lowest BCUT2D eigenvalue weighted by molar-refractivity contribution is -0.134. The Morgan fingerprint density at radius 2 is 1.91 bits per heavy atom. The Kier molecular flexibility index (Phi) is 5.05. The summed E-state index contributed by atoms with van der Waals surface area (Å²) < 4.78 is 4.81. The molecule has 3 aromatic rings. The number of carbonyl (C=O) groups is 2. The van der Waals surface area contributed by atoms with Crippen LogP contribution >= 0.6 is 0 Å². The number of nitrogens with zero attached hydrogens (tertiary/aromatic N) is 4. The molecule has 1 saturated carbocycles. The highest BCUT2D eigenvalue weighted by Gasteiger charge is 2.53. The van der Waals surface area contributed by atoms with Crippen molar-refractivity contribution in [3.05, 3.63) is 53.5 Å². The number of anilines is 1. The Labute approximate surface area is 185 Å². The molecule has 5 rings (SSSR count). The Morgan fingerprint density at radius 3 is 2.59 bits per heavy atom. The molecular weight excluding hydrogens is 408 g/mol. The number of piperazine rings is 1. The van der Waals surface area contributed by atoms with Crippen LogP contribution < -0.4 is 10.6 Å². The van der Waals surface area contributed by atoms with Gasteiger partial charge in [0.25, 0.3) is 0 Å². The van der Waals surface area contributed by atoms with Crippen LogP contribution in [0.15, 0.2) is 36.7 Å². The maximum Gasteiger partial charge on any atom is 0.354 e. The van der Waals surface area contributed by atoms with E-state index >= 15 is 0 Å². The molecule has 0 atom stereocenters. The summed E-state index contributed by atoms with van der Waals surface area (Å²) in [5, 5.41) is 0.781. The van der Waals surface area contributed by atoms with Crippen LogP contribution in [0.5, 0.6) is 0 Å². The molecule has 2 fully saturated rings. The monoisotopic (exact) mass is 434 g/mol. The predicted octanol–water partition coefficient (Wildman–Crippen LogP) is 1.63. The summed E-state index contributed by atoms with van der Waals surface area (Å²) in [4.78, 5) is 41.1. The normalized spacial score (nSPS) is 17.1. The molecule has 1 spiro atoms. The zero-order valence-electron chi connectivity index (χ0n) is 18.0. The second-order valence-corrected chi connectivity index (χ2v) is 8.52. The number of carbonyl (C=O) groups excluding carboxylic acids is 2. The van der Waals surface area contributed by atoms with E-state index in [0.29, 0.717) is 37.4 Å². The average Bonchev–Trinajstić information content (AvgIpc) is 3.42. The summed E-state index contributed by atoms with van der Waals surface area (Å²) in [5.74, 6) is 0.491. The third-order valence-electron chi connectivity index (χ3n) is 6.50. The number of aromatic amines is 1.